The molecule has 0 amide bonds. The van der Waals surface area contributed by atoms with Crippen LogP contribution in [0.2, 0.25) is 0 Å². The van der Waals surface area contributed by atoms with E-state index in [9.17, 15) is 0 Å². The summed E-state index contributed by atoms with van der Waals surface area (Å²) >= 11 is 0. The average molecular weight is 307 g/mol. The molecule has 0 radical (unpaired) electrons. The quantitative estimate of drug-likeness (QED) is 0.855. The van der Waals surface area contributed by atoms with Gasteiger partial charge in [0, 0.05) is 34.8 Å². The summed E-state index contributed by atoms with van der Waals surface area (Å²) in [5, 5.41) is 0. The first-order valence-corrected chi connectivity index (χ1v) is 7.80. The van der Waals surface area contributed by atoms with E-state index in [1.165, 1.54) is 0 Å². The number of allylic oxidation sites excluding steroid dienone is 3. The molecule has 2 rings (SSSR count). The Labute approximate surface area is 139 Å². The highest BCUT2D eigenvalue weighted by molar-refractivity contribution is 6.03. The highest BCUT2D eigenvalue weighted by atomic mass is 15.2. The zero-order chi connectivity index (χ0) is 17.1. The Bertz CT molecular complexity index is 719. The lowest BCUT2D eigenvalue weighted by Gasteiger charge is -2.33. The number of nitrogens with zero attached hydrogens (tertiary/aromatic N) is 2. The summed E-state index contributed by atoms with van der Waals surface area (Å²) in [5.41, 5.74) is 11.4. The standard InChI is InChI=1S/C20H25N3/c1-13(2)20-22-16(5)14(3)15(4)19(12-21)17(6)23(20)18-10-8-7-9-11-18/h7-13H,4,6,21H2,1-3,5H3/b16-14-,19-12+,22-20?. The van der Waals surface area contributed by atoms with Crippen LogP contribution >= 0.6 is 0 Å². The Morgan fingerprint density at radius 1 is 1.13 bits per heavy atom. The lowest BCUT2D eigenvalue weighted by molar-refractivity contribution is 0.851. The summed E-state index contributed by atoms with van der Waals surface area (Å²) in [4.78, 5) is 6.95. The molecule has 0 unspecified atom stereocenters. The molecule has 120 valence electrons. The second-order valence-corrected chi connectivity index (χ2v) is 6.01. The van der Waals surface area contributed by atoms with Crippen molar-refractivity contribution in [3.63, 3.8) is 0 Å². The maximum Gasteiger partial charge on any atom is 0.116 e. The third-order valence-corrected chi connectivity index (χ3v) is 4.11. The van der Waals surface area contributed by atoms with E-state index in [1.807, 2.05) is 44.2 Å². The smallest absolute Gasteiger partial charge is 0.116 e. The largest absolute Gasteiger partial charge is 0.404 e. The first-order chi connectivity index (χ1) is 10.9. The van der Waals surface area contributed by atoms with Crippen LogP contribution in [0, 0.1) is 5.92 Å². The second-order valence-electron chi connectivity index (χ2n) is 6.01. The molecular weight excluding hydrogens is 282 g/mol. The van der Waals surface area contributed by atoms with E-state index in [0.29, 0.717) is 0 Å². The molecule has 23 heavy (non-hydrogen) atoms. The molecule has 1 aliphatic rings. The van der Waals surface area contributed by atoms with Crippen molar-refractivity contribution < 1.29 is 0 Å². The van der Waals surface area contributed by atoms with Crippen LogP contribution in [0.1, 0.15) is 27.7 Å². The van der Waals surface area contributed by atoms with Gasteiger partial charge in [-0.15, -0.1) is 0 Å². The minimum Gasteiger partial charge on any atom is -0.404 e. The lowest BCUT2D eigenvalue weighted by atomic mass is 9.95. The van der Waals surface area contributed by atoms with Gasteiger partial charge in [0.2, 0.25) is 0 Å². The van der Waals surface area contributed by atoms with Crippen LogP contribution in [0.3, 0.4) is 0 Å². The SMILES string of the molecule is C=C1/C(C)=C(/C)N=C(C(C)C)N(c2ccccc2)C(=C)/C1=C/N. The second kappa shape index (κ2) is 6.69. The van der Waals surface area contributed by atoms with Crippen molar-refractivity contribution in [1.29, 1.82) is 0 Å². The first kappa shape index (κ1) is 16.8. The summed E-state index contributed by atoms with van der Waals surface area (Å²) in [6.07, 6.45) is 1.58. The van der Waals surface area contributed by atoms with E-state index in [-0.39, 0.29) is 5.92 Å². The van der Waals surface area contributed by atoms with Gasteiger partial charge in [0.15, 0.2) is 0 Å². The van der Waals surface area contributed by atoms with Crippen LogP contribution in [0.4, 0.5) is 5.69 Å². The van der Waals surface area contributed by atoms with E-state index in [1.54, 1.807) is 6.20 Å². The molecule has 0 bridgehead atoms. The van der Waals surface area contributed by atoms with Gasteiger partial charge in [-0.25, -0.2) is 4.99 Å². The Balaban J connectivity index is 2.76. The molecule has 0 saturated heterocycles. The van der Waals surface area contributed by atoms with E-state index in [4.69, 9.17) is 10.7 Å². The van der Waals surface area contributed by atoms with Crippen molar-refractivity contribution in [1.82, 2.24) is 0 Å². The summed E-state index contributed by atoms with van der Waals surface area (Å²) in [6.45, 7) is 16.8. The first-order valence-electron chi connectivity index (χ1n) is 7.80. The molecule has 0 aromatic heterocycles. The van der Waals surface area contributed by atoms with Crippen molar-refractivity contribution in [3.8, 4) is 0 Å². The fourth-order valence-electron chi connectivity index (χ4n) is 2.61. The van der Waals surface area contributed by atoms with Gasteiger partial charge in [-0.2, -0.15) is 0 Å². The third kappa shape index (κ3) is 3.14. The van der Waals surface area contributed by atoms with Crippen LogP contribution in [0.5, 0.6) is 0 Å². The average Bonchev–Trinajstić information content (AvgIpc) is 2.54. The van der Waals surface area contributed by atoms with Crippen molar-refractivity contribution in [2.45, 2.75) is 27.7 Å². The third-order valence-electron chi connectivity index (χ3n) is 4.11. The van der Waals surface area contributed by atoms with Gasteiger partial charge in [-0.05, 0) is 37.1 Å². The van der Waals surface area contributed by atoms with Gasteiger partial charge < -0.3 is 5.73 Å². The number of anilines is 1. The highest BCUT2D eigenvalue weighted by Gasteiger charge is 2.26. The normalized spacial score (nSPS) is 21.5. The lowest BCUT2D eigenvalue weighted by Crippen LogP contribution is -2.35. The summed E-state index contributed by atoms with van der Waals surface area (Å²) < 4.78 is 0. The Morgan fingerprint density at radius 3 is 2.26 bits per heavy atom. The van der Waals surface area contributed by atoms with Crippen LogP contribution in [0.15, 0.2) is 82.8 Å². The van der Waals surface area contributed by atoms with Gasteiger partial charge in [0.25, 0.3) is 0 Å². The number of amidine groups is 1. The van der Waals surface area contributed by atoms with Crippen LogP contribution < -0.4 is 10.6 Å². The van der Waals surface area contributed by atoms with Crippen molar-refractivity contribution >= 4 is 11.5 Å². The van der Waals surface area contributed by atoms with Gasteiger partial charge in [-0.3, -0.25) is 4.90 Å². The van der Waals surface area contributed by atoms with Gasteiger partial charge in [0.05, 0.1) is 0 Å². The Hall–Kier alpha value is -2.55. The van der Waals surface area contributed by atoms with E-state index in [2.05, 4.69) is 31.9 Å². The number of hydrogen-bond acceptors (Lipinski definition) is 3. The maximum atomic E-state index is 5.90. The molecule has 3 nitrogen and oxygen atoms in total. The Morgan fingerprint density at radius 2 is 1.74 bits per heavy atom. The summed E-state index contributed by atoms with van der Waals surface area (Å²) in [5.74, 6) is 1.19. The van der Waals surface area contributed by atoms with Gasteiger partial charge >= 0.3 is 0 Å². The number of aliphatic imine (C=N–C) groups is 1. The van der Waals surface area contributed by atoms with E-state index >= 15 is 0 Å². The van der Waals surface area contributed by atoms with Crippen LogP contribution in [-0.4, -0.2) is 5.84 Å². The topological polar surface area (TPSA) is 41.6 Å². The predicted molar refractivity (Wildman–Crippen MR) is 100 cm³/mol. The van der Waals surface area contributed by atoms with Crippen LogP contribution in [0.25, 0.3) is 0 Å². The highest BCUT2D eigenvalue weighted by Crippen LogP contribution is 2.34. The van der Waals surface area contributed by atoms with E-state index < -0.39 is 0 Å². The molecule has 2 N–H and O–H groups in total. The van der Waals surface area contributed by atoms with Gasteiger partial charge in [0.1, 0.15) is 5.84 Å². The van der Waals surface area contributed by atoms with Crippen LogP contribution in [-0.2, 0) is 0 Å². The molecule has 0 spiro atoms. The number of hydrogen-bond donors (Lipinski definition) is 1. The fourth-order valence-corrected chi connectivity index (χ4v) is 2.61. The number of nitrogens with two attached hydrogens (primary N) is 1. The number of para-hydroxylation sites is 1. The Kier molecular flexibility index (Phi) is 4.89. The number of benzene rings is 1. The molecule has 0 saturated carbocycles. The predicted octanol–water partition coefficient (Wildman–Crippen LogP) is 4.77. The summed E-state index contributed by atoms with van der Waals surface area (Å²) in [6, 6.07) is 10.1. The molecule has 0 fully saturated rings. The zero-order valence-corrected chi connectivity index (χ0v) is 14.4. The van der Waals surface area contributed by atoms with Gasteiger partial charge in [-0.1, -0.05) is 45.2 Å². The molecular formula is C20H25N3. The van der Waals surface area contributed by atoms with Crippen molar-refractivity contribution in [3.05, 3.63) is 77.8 Å². The number of rotatable bonds is 2. The molecule has 1 aliphatic heterocycles. The zero-order valence-electron chi connectivity index (χ0n) is 14.4. The molecule has 1 heterocycles. The molecule has 0 aliphatic carbocycles. The fraction of sp³-hybridized carbons (Fsp3) is 0.250. The van der Waals surface area contributed by atoms with Crippen molar-refractivity contribution in [2.75, 3.05) is 4.90 Å². The maximum absolute atomic E-state index is 5.90. The minimum atomic E-state index is 0.236. The molecule has 1 aromatic carbocycles. The minimum absolute atomic E-state index is 0.236. The molecule has 3 heteroatoms. The van der Waals surface area contributed by atoms with E-state index in [0.717, 1.165) is 39.6 Å². The monoisotopic (exact) mass is 307 g/mol. The molecule has 1 aromatic rings. The summed E-state index contributed by atoms with van der Waals surface area (Å²) in [7, 11) is 0. The molecule has 0 atom stereocenters. The van der Waals surface area contributed by atoms with Crippen molar-refractivity contribution in [2.24, 2.45) is 16.6 Å².